The van der Waals surface area contributed by atoms with Crippen LogP contribution in [0.1, 0.15) is 47.5 Å². The molecule has 0 radical (unpaired) electrons. The summed E-state index contributed by atoms with van der Waals surface area (Å²) in [6, 6.07) is 0. The molecule has 4 heteroatoms. The Hall–Kier alpha value is -0.870. The van der Waals surface area contributed by atoms with E-state index in [4.69, 9.17) is 9.47 Å². The maximum atomic E-state index is 11.5. The summed E-state index contributed by atoms with van der Waals surface area (Å²) < 4.78 is 11.2. The maximum absolute atomic E-state index is 11.5. The van der Waals surface area contributed by atoms with Gasteiger partial charge in [-0.3, -0.25) is 0 Å². The molecule has 0 aromatic carbocycles. The first kappa shape index (κ1) is 18.1. The van der Waals surface area contributed by atoms with E-state index in [1.165, 1.54) is 0 Å². The van der Waals surface area contributed by atoms with Gasteiger partial charge in [0.1, 0.15) is 5.60 Å². The fourth-order valence-electron chi connectivity index (χ4n) is 1.46. The van der Waals surface area contributed by atoms with E-state index in [9.17, 15) is 4.79 Å². The molecule has 0 aromatic heterocycles. The van der Waals surface area contributed by atoms with Crippen LogP contribution in [0.5, 0.6) is 0 Å². The Labute approximate surface area is 117 Å². The average Bonchev–Trinajstić information content (AvgIpc) is 2.25. The molecule has 0 heterocycles. The zero-order chi connectivity index (χ0) is 15.1. The predicted octanol–water partition coefficient (Wildman–Crippen LogP) is 2.68. The monoisotopic (exact) mass is 271 g/mol. The second kappa shape index (κ2) is 7.65. The normalized spacial score (nSPS) is 12.3. The molecule has 0 spiro atoms. The molecule has 19 heavy (non-hydrogen) atoms. The summed E-state index contributed by atoms with van der Waals surface area (Å²) in [6.45, 7) is 14.6. The molecular formula is C15H29NO3. The van der Waals surface area contributed by atoms with E-state index in [-0.39, 0.29) is 11.6 Å². The Morgan fingerprint density at radius 1 is 1.16 bits per heavy atom. The van der Waals surface area contributed by atoms with Crippen molar-refractivity contribution in [3.05, 3.63) is 12.2 Å². The highest BCUT2D eigenvalue weighted by atomic mass is 16.6. The Kier molecular flexibility index (Phi) is 7.30. The Bertz CT molecular complexity index is 309. The predicted molar refractivity (Wildman–Crippen MR) is 78.2 cm³/mol. The average molecular weight is 271 g/mol. The van der Waals surface area contributed by atoms with Crippen molar-refractivity contribution in [2.45, 2.75) is 58.7 Å². The Balaban J connectivity index is 4.10. The van der Waals surface area contributed by atoms with Gasteiger partial charge in [-0.2, -0.15) is 0 Å². The maximum Gasteiger partial charge on any atom is 0.333 e. The van der Waals surface area contributed by atoms with Crippen molar-refractivity contribution in [3.8, 4) is 0 Å². The van der Waals surface area contributed by atoms with Crippen LogP contribution in [0.2, 0.25) is 0 Å². The summed E-state index contributed by atoms with van der Waals surface area (Å²) in [5, 5.41) is 3.11. The highest BCUT2D eigenvalue weighted by molar-refractivity contribution is 5.87. The lowest BCUT2D eigenvalue weighted by atomic mass is 10.0. The van der Waals surface area contributed by atoms with Crippen LogP contribution in [0, 0.1) is 0 Å². The van der Waals surface area contributed by atoms with Crippen LogP contribution >= 0.6 is 0 Å². The van der Waals surface area contributed by atoms with Crippen molar-refractivity contribution < 1.29 is 14.3 Å². The molecule has 0 aliphatic carbocycles. The highest BCUT2D eigenvalue weighted by Gasteiger charge is 2.25. The number of carbonyl (C=O) groups is 1. The topological polar surface area (TPSA) is 47.6 Å². The number of ether oxygens (including phenoxy) is 2. The molecule has 0 rings (SSSR count). The zero-order valence-electron chi connectivity index (χ0n) is 13.3. The van der Waals surface area contributed by atoms with Crippen LogP contribution in [0.3, 0.4) is 0 Å². The summed E-state index contributed by atoms with van der Waals surface area (Å²) in [7, 11) is 1.93. The van der Waals surface area contributed by atoms with Crippen molar-refractivity contribution in [1.29, 1.82) is 0 Å². The van der Waals surface area contributed by atoms with Gasteiger partial charge in [0.15, 0.2) is 0 Å². The number of esters is 1. The molecule has 0 unspecified atom stereocenters. The first-order chi connectivity index (χ1) is 8.59. The second-order valence-corrected chi connectivity index (χ2v) is 6.14. The molecule has 112 valence electrons. The second-order valence-electron chi connectivity index (χ2n) is 6.14. The zero-order valence-corrected chi connectivity index (χ0v) is 13.3. The van der Waals surface area contributed by atoms with Crippen LogP contribution in [-0.4, -0.2) is 37.4 Å². The van der Waals surface area contributed by atoms with Crippen molar-refractivity contribution in [2.75, 3.05) is 20.2 Å². The third kappa shape index (κ3) is 8.78. The van der Waals surface area contributed by atoms with E-state index < -0.39 is 5.60 Å². The van der Waals surface area contributed by atoms with E-state index in [2.05, 4.69) is 25.7 Å². The van der Waals surface area contributed by atoms with Crippen LogP contribution in [0.25, 0.3) is 0 Å². The number of hydrogen-bond acceptors (Lipinski definition) is 4. The number of carbonyl (C=O) groups excluding carboxylic acids is 1. The van der Waals surface area contributed by atoms with Gasteiger partial charge in [0.05, 0.1) is 12.2 Å². The van der Waals surface area contributed by atoms with Gasteiger partial charge in [0.25, 0.3) is 0 Å². The smallest absolute Gasteiger partial charge is 0.333 e. The summed E-state index contributed by atoms with van der Waals surface area (Å²) in [5.41, 5.74) is -0.282. The molecule has 0 amide bonds. The summed E-state index contributed by atoms with van der Waals surface area (Å²) in [6.07, 6.45) is 1.60. The van der Waals surface area contributed by atoms with Gasteiger partial charge < -0.3 is 14.8 Å². The Morgan fingerprint density at radius 3 is 2.21 bits per heavy atom. The molecule has 0 aliphatic rings. The third-order valence-corrected chi connectivity index (χ3v) is 2.89. The van der Waals surface area contributed by atoms with Gasteiger partial charge in [0, 0.05) is 12.0 Å². The van der Waals surface area contributed by atoms with Crippen LogP contribution in [0.15, 0.2) is 12.2 Å². The Morgan fingerprint density at radius 2 is 1.74 bits per heavy atom. The fraction of sp³-hybridized carbons (Fsp3) is 0.800. The summed E-state index contributed by atoms with van der Waals surface area (Å²) >= 11 is 0. The molecule has 0 atom stereocenters. The number of rotatable bonds is 9. The molecule has 0 bridgehead atoms. The molecular weight excluding hydrogens is 242 g/mol. The van der Waals surface area contributed by atoms with Crippen molar-refractivity contribution in [2.24, 2.45) is 0 Å². The molecule has 0 saturated carbocycles. The standard InChI is InChI=1S/C15H29NO3/c1-12(2)13(17)19-15(5,6)9-11-18-14(3,4)8-10-16-7/h16H,1,8-11H2,2-7H3. The van der Waals surface area contributed by atoms with E-state index >= 15 is 0 Å². The molecule has 0 aromatic rings. The first-order valence-electron chi connectivity index (χ1n) is 6.77. The van der Waals surface area contributed by atoms with E-state index in [1.807, 2.05) is 20.9 Å². The van der Waals surface area contributed by atoms with Crippen molar-refractivity contribution >= 4 is 5.97 Å². The van der Waals surface area contributed by atoms with Crippen LogP contribution < -0.4 is 5.32 Å². The molecule has 0 saturated heterocycles. The summed E-state index contributed by atoms with van der Waals surface area (Å²) in [5.74, 6) is -0.348. The van der Waals surface area contributed by atoms with E-state index in [0.717, 1.165) is 13.0 Å². The SMILES string of the molecule is C=C(C)C(=O)OC(C)(C)CCOC(C)(C)CCNC. The van der Waals surface area contributed by atoms with Gasteiger partial charge in [-0.05, 0) is 54.6 Å². The van der Waals surface area contributed by atoms with Crippen molar-refractivity contribution in [3.63, 3.8) is 0 Å². The molecule has 0 aliphatic heterocycles. The van der Waals surface area contributed by atoms with Gasteiger partial charge in [-0.1, -0.05) is 6.58 Å². The first-order valence-corrected chi connectivity index (χ1v) is 6.77. The minimum absolute atomic E-state index is 0.169. The number of nitrogens with one attached hydrogen (secondary N) is 1. The minimum atomic E-state index is -0.533. The lowest BCUT2D eigenvalue weighted by Crippen LogP contribution is -2.34. The molecule has 4 nitrogen and oxygen atoms in total. The lowest BCUT2D eigenvalue weighted by molar-refractivity contribution is -0.154. The van der Waals surface area contributed by atoms with E-state index in [1.54, 1.807) is 6.92 Å². The van der Waals surface area contributed by atoms with Crippen molar-refractivity contribution in [1.82, 2.24) is 5.32 Å². The fourth-order valence-corrected chi connectivity index (χ4v) is 1.46. The third-order valence-electron chi connectivity index (χ3n) is 2.89. The van der Waals surface area contributed by atoms with Gasteiger partial charge in [-0.15, -0.1) is 0 Å². The number of hydrogen-bond donors (Lipinski definition) is 1. The highest BCUT2D eigenvalue weighted by Crippen LogP contribution is 2.20. The molecule has 0 fully saturated rings. The van der Waals surface area contributed by atoms with Gasteiger partial charge in [-0.25, -0.2) is 4.79 Å². The van der Waals surface area contributed by atoms with Gasteiger partial charge >= 0.3 is 5.97 Å². The summed E-state index contributed by atoms with van der Waals surface area (Å²) in [4.78, 5) is 11.5. The van der Waals surface area contributed by atoms with Gasteiger partial charge in [0.2, 0.25) is 0 Å². The van der Waals surface area contributed by atoms with Crippen LogP contribution in [-0.2, 0) is 14.3 Å². The van der Waals surface area contributed by atoms with E-state index in [0.29, 0.717) is 18.6 Å². The quantitative estimate of drug-likeness (QED) is 0.517. The largest absolute Gasteiger partial charge is 0.456 e. The minimum Gasteiger partial charge on any atom is -0.456 e. The van der Waals surface area contributed by atoms with Crippen LogP contribution in [0.4, 0.5) is 0 Å². The lowest BCUT2D eigenvalue weighted by Gasteiger charge is -2.29. The molecule has 1 N–H and O–H groups in total.